The highest BCUT2D eigenvalue weighted by molar-refractivity contribution is 5.53. The first kappa shape index (κ1) is 12.3. The highest BCUT2D eigenvalue weighted by atomic mass is 16.1. The van der Waals surface area contributed by atoms with Crippen LogP contribution in [0, 0.1) is 5.92 Å². The fourth-order valence-electron chi connectivity index (χ4n) is 2.89. The van der Waals surface area contributed by atoms with E-state index in [-0.39, 0.29) is 5.92 Å². The van der Waals surface area contributed by atoms with Gasteiger partial charge in [0.05, 0.1) is 0 Å². The van der Waals surface area contributed by atoms with Crippen molar-refractivity contribution in [1.29, 1.82) is 0 Å². The fraction of sp³-hybridized carbons (Fsp3) is 0.533. The van der Waals surface area contributed by atoms with Crippen LogP contribution < -0.4 is 0 Å². The Labute approximate surface area is 104 Å². The third-order valence-electron chi connectivity index (χ3n) is 3.82. The summed E-state index contributed by atoms with van der Waals surface area (Å²) < 4.78 is 0. The highest BCUT2D eigenvalue weighted by Crippen LogP contribution is 2.27. The van der Waals surface area contributed by atoms with Crippen molar-refractivity contribution in [1.82, 2.24) is 4.90 Å². The Morgan fingerprint density at radius 3 is 2.29 bits per heavy atom. The number of hydrogen-bond acceptors (Lipinski definition) is 2. The van der Waals surface area contributed by atoms with Crippen molar-refractivity contribution >= 4 is 6.29 Å². The summed E-state index contributed by atoms with van der Waals surface area (Å²) >= 11 is 0. The lowest BCUT2D eigenvalue weighted by Crippen LogP contribution is -2.46. The van der Waals surface area contributed by atoms with E-state index in [9.17, 15) is 4.79 Å². The quantitative estimate of drug-likeness (QED) is 0.746. The van der Waals surface area contributed by atoms with E-state index in [0.29, 0.717) is 12.1 Å². The maximum Gasteiger partial charge on any atom is 0.123 e. The number of likely N-dealkylation sites (tertiary alicyclic amines) is 1. The predicted molar refractivity (Wildman–Crippen MR) is 69.7 cm³/mol. The van der Waals surface area contributed by atoms with Gasteiger partial charge in [0.15, 0.2) is 0 Å². The SMILES string of the molecule is C[C@@H]1CC(C=O)C[C@H](C)N1Cc1ccccc1. The van der Waals surface area contributed by atoms with Crippen LogP contribution in [0.4, 0.5) is 0 Å². The van der Waals surface area contributed by atoms with Gasteiger partial charge in [-0.05, 0) is 32.3 Å². The van der Waals surface area contributed by atoms with Gasteiger partial charge < -0.3 is 4.79 Å². The molecular formula is C15H21NO. The minimum absolute atomic E-state index is 0.257. The van der Waals surface area contributed by atoms with Crippen LogP contribution in [-0.4, -0.2) is 23.3 Å². The average Bonchev–Trinajstić information content (AvgIpc) is 2.35. The first-order valence-corrected chi connectivity index (χ1v) is 6.45. The summed E-state index contributed by atoms with van der Waals surface area (Å²) in [6.45, 7) is 5.46. The molecule has 0 spiro atoms. The van der Waals surface area contributed by atoms with Crippen molar-refractivity contribution in [3.8, 4) is 0 Å². The molecule has 0 N–H and O–H groups in total. The number of aldehydes is 1. The topological polar surface area (TPSA) is 20.3 Å². The Morgan fingerprint density at radius 2 is 1.76 bits per heavy atom. The summed E-state index contributed by atoms with van der Waals surface area (Å²) in [5.41, 5.74) is 1.36. The molecule has 0 amide bonds. The molecule has 0 aliphatic carbocycles. The number of benzene rings is 1. The average molecular weight is 231 g/mol. The number of nitrogens with zero attached hydrogens (tertiary/aromatic N) is 1. The zero-order valence-electron chi connectivity index (χ0n) is 10.7. The van der Waals surface area contributed by atoms with E-state index in [1.807, 2.05) is 0 Å². The third kappa shape index (κ3) is 2.95. The van der Waals surface area contributed by atoms with Gasteiger partial charge in [-0.25, -0.2) is 0 Å². The summed E-state index contributed by atoms with van der Waals surface area (Å²) in [5.74, 6) is 0.257. The molecule has 3 atom stereocenters. The molecule has 2 heteroatoms. The Hall–Kier alpha value is -1.15. The second-order valence-corrected chi connectivity index (χ2v) is 5.22. The van der Waals surface area contributed by atoms with Gasteiger partial charge in [-0.15, -0.1) is 0 Å². The van der Waals surface area contributed by atoms with E-state index in [4.69, 9.17) is 0 Å². The molecule has 17 heavy (non-hydrogen) atoms. The Kier molecular flexibility index (Phi) is 3.95. The Balaban J connectivity index is 2.03. The van der Waals surface area contributed by atoms with Crippen LogP contribution in [0.1, 0.15) is 32.3 Å². The lowest BCUT2D eigenvalue weighted by Gasteiger charge is -2.41. The first-order chi connectivity index (χ1) is 8.20. The van der Waals surface area contributed by atoms with Crippen LogP contribution in [0.25, 0.3) is 0 Å². The van der Waals surface area contributed by atoms with E-state index in [1.54, 1.807) is 0 Å². The summed E-state index contributed by atoms with van der Waals surface area (Å²) in [4.78, 5) is 13.4. The van der Waals surface area contributed by atoms with E-state index in [1.165, 1.54) is 5.56 Å². The largest absolute Gasteiger partial charge is 0.303 e. The van der Waals surface area contributed by atoms with Gasteiger partial charge >= 0.3 is 0 Å². The van der Waals surface area contributed by atoms with Crippen molar-refractivity contribution in [2.24, 2.45) is 5.92 Å². The molecule has 2 nitrogen and oxygen atoms in total. The molecule has 1 saturated heterocycles. The van der Waals surface area contributed by atoms with E-state index in [0.717, 1.165) is 25.7 Å². The van der Waals surface area contributed by atoms with Gasteiger partial charge in [0.2, 0.25) is 0 Å². The van der Waals surface area contributed by atoms with E-state index in [2.05, 4.69) is 49.1 Å². The van der Waals surface area contributed by atoms with Crippen LogP contribution in [0.2, 0.25) is 0 Å². The molecule has 92 valence electrons. The maximum atomic E-state index is 10.9. The van der Waals surface area contributed by atoms with E-state index < -0.39 is 0 Å². The summed E-state index contributed by atoms with van der Waals surface area (Å²) in [6.07, 6.45) is 3.13. The molecule has 1 aromatic rings. The van der Waals surface area contributed by atoms with Crippen molar-refractivity contribution in [3.63, 3.8) is 0 Å². The van der Waals surface area contributed by atoms with Crippen molar-refractivity contribution in [2.75, 3.05) is 0 Å². The molecule has 0 saturated carbocycles. The van der Waals surface area contributed by atoms with Crippen LogP contribution in [0.15, 0.2) is 30.3 Å². The zero-order chi connectivity index (χ0) is 12.3. The van der Waals surface area contributed by atoms with Gasteiger partial charge in [0.25, 0.3) is 0 Å². The van der Waals surface area contributed by atoms with Crippen molar-refractivity contribution in [3.05, 3.63) is 35.9 Å². The molecule has 0 bridgehead atoms. The molecule has 1 aliphatic heterocycles. The molecule has 1 unspecified atom stereocenters. The molecule has 0 aromatic heterocycles. The van der Waals surface area contributed by atoms with Crippen LogP contribution >= 0.6 is 0 Å². The Bertz CT molecular complexity index is 350. The summed E-state index contributed by atoms with van der Waals surface area (Å²) in [6, 6.07) is 11.6. The number of piperidine rings is 1. The van der Waals surface area contributed by atoms with Crippen molar-refractivity contribution in [2.45, 2.75) is 45.3 Å². The predicted octanol–water partition coefficient (Wildman–Crippen LogP) is 2.87. The summed E-state index contributed by atoms with van der Waals surface area (Å²) in [5, 5.41) is 0. The normalized spacial score (nSPS) is 30.1. The molecule has 1 fully saturated rings. The number of rotatable bonds is 3. The van der Waals surface area contributed by atoms with Gasteiger partial charge in [-0.3, -0.25) is 4.90 Å². The maximum absolute atomic E-state index is 10.9. The minimum Gasteiger partial charge on any atom is -0.303 e. The van der Waals surface area contributed by atoms with E-state index >= 15 is 0 Å². The fourth-order valence-corrected chi connectivity index (χ4v) is 2.89. The number of hydrogen-bond donors (Lipinski definition) is 0. The summed E-state index contributed by atoms with van der Waals surface area (Å²) in [7, 11) is 0. The monoisotopic (exact) mass is 231 g/mol. The smallest absolute Gasteiger partial charge is 0.123 e. The molecule has 1 aromatic carbocycles. The highest BCUT2D eigenvalue weighted by Gasteiger charge is 2.30. The number of carbonyl (C=O) groups excluding carboxylic acids is 1. The van der Waals surface area contributed by atoms with Crippen LogP contribution in [0.5, 0.6) is 0 Å². The molecular weight excluding hydrogens is 210 g/mol. The molecule has 2 rings (SSSR count). The Morgan fingerprint density at radius 1 is 1.18 bits per heavy atom. The second kappa shape index (κ2) is 5.46. The minimum atomic E-state index is 0.257. The van der Waals surface area contributed by atoms with Crippen LogP contribution in [0.3, 0.4) is 0 Å². The second-order valence-electron chi connectivity index (χ2n) is 5.22. The van der Waals surface area contributed by atoms with Crippen molar-refractivity contribution < 1.29 is 4.79 Å². The molecule has 0 radical (unpaired) electrons. The first-order valence-electron chi connectivity index (χ1n) is 6.45. The van der Waals surface area contributed by atoms with Gasteiger partial charge in [0.1, 0.15) is 6.29 Å². The van der Waals surface area contributed by atoms with Crippen LogP contribution in [-0.2, 0) is 11.3 Å². The third-order valence-corrected chi connectivity index (χ3v) is 3.82. The van der Waals surface area contributed by atoms with Gasteiger partial charge in [-0.1, -0.05) is 30.3 Å². The lowest BCUT2D eigenvalue weighted by molar-refractivity contribution is -0.113. The standard InChI is InChI=1S/C15H21NO/c1-12-8-15(11-17)9-13(2)16(12)10-14-6-4-3-5-7-14/h3-7,11-13,15H,8-10H2,1-2H3/t12-,13+,15?. The zero-order valence-corrected chi connectivity index (χ0v) is 10.7. The number of carbonyl (C=O) groups is 1. The van der Waals surface area contributed by atoms with Gasteiger partial charge in [-0.2, -0.15) is 0 Å². The molecule has 1 heterocycles. The molecule has 1 aliphatic rings. The lowest BCUT2D eigenvalue weighted by atomic mass is 9.88. The van der Waals surface area contributed by atoms with Gasteiger partial charge in [0, 0.05) is 24.5 Å².